The van der Waals surface area contributed by atoms with Gasteiger partial charge in [-0.15, -0.1) is 0 Å². The van der Waals surface area contributed by atoms with E-state index in [-0.39, 0.29) is 12.2 Å². The van der Waals surface area contributed by atoms with E-state index in [4.69, 9.17) is 26.2 Å². The highest BCUT2D eigenvalue weighted by Crippen LogP contribution is 2.26. The van der Waals surface area contributed by atoms with Crippen LogP contribution in [0.25, 0.3) is 6.08 Å². The lowest BCUT2D eigenvalue weighted by atomic mass is 10.0. The molecule has 1 aliphatic rings. The molecule has 1 aromatic rings. The lowest BCUT2D eigenvalue weighted by molar-refractivity contribution is -0.131. The van der Waals surface area contributed by atoms with Gasteiger partial charge in [0.25, 0.3) is 0 Å². The first-order valence-electron chi connectivity index (χ1n) is 6.00. The van der Waals surface area contributed by atoms with Crippen molar-refractivity contribution in [1.29, 1.82) is 0 Å². The molecule has 0 bridgehead atoms. The average Bonchev–Trinajstić information content (AvgIpc) is 3.17. The second-order valence-electron chi connectivity index (χ2n) is 4.38. The van der Waals surface area contributed by atoms with Crippen LogP contribution in [0.4, 0.5) is 0 Å². The van der Waals surface area contributed by atoms with E-state index in [0.29, 0.717) is 11.6 Å². The molecule has 0 saturated carbocycles. The van der Waals surface area contributed by atoms with E-state index < -0.39 is 5.97 Å². The van der Waals surface area contributed by atoms with Crippen molar-refractivity contribution in [1.82, 2.24) is 0 Å². The van der Waals surface area contributed by atoms with Gasteiger partial charge in [0.2, 0.25) is 0 Å². The van der Waals surface area contributed by atoms with Gasteiger partial charge in [-0.2, -0.15) is 0 Å². The number of carboxylic acids is 1. The maximum atomic E-state index is 10.6. The van der Waals surface area contributed by atoms with Gasteiger partial charge in [0.15, 0.2) is 0 Å². The molecule has 1 saturated heterocycles. The first-order chi connectivity index (χ1) is 9.06. The normalized spacial score (nSPS) is 19.6. The molecule has 102 valence electrons. The molecule has 1 heterocycles. The molecule has 4 nitrogen and oxygen atoms in total. The van der Waals surface area contributed by atoms with Crippen molar-refractivity contribution < 1.29 is 19.4 Å². The smallest absolute Gasteiger partial charge is 0.328 e. The fourth-order valence-corrected chi connectivity index (χ4v) is 1.91. The SMILES string of the molecule is C[C@@H](OCC1CO1)c1ccc(Cl)cc1C=CC(=O)O. The van der Waals surface area contributed by atoms with Crippen LogP contribution in [0.3, 0.4) is 0 Å². The molecule has 1 N–H and O–H groups in total. The van der Waals surface area contributed by atoms with Crippen LogP contribution < -0.4 is 0 Å². The Bertz CT molecular complexity index is 494. The Kier molecular flexibility index (Phi) is 4.58. The van der Waals surface area contributed by atoms with Gasteiger partial charge >= 0.3 is 5.97 Å². The van der Waals surface area contributed by atoms with Gasteiger partial charge < -0.3 is 14.6 Å². The van der Waals surface area contributed by atoms with Gasteiger partial charge in [0, 0.05) is 11.1 Å². The third-order valence-corrected chi connectivity index (χ3v) is 3.06. The summed E-state index contributed by atoms with van der Waals surface area (Å²) >= 11 is 5.93. The third-order valence-electron chi connectivity index (χ3n) is 2.83. The molecule has 1 aromatic carbocycles. The Labute approximate surface area is 116 Å². The van der Waals surface area contributed by atoms with Crippen LogP contribution in [0.15, 0.2) is 24.3 Å². The third kappa shape index (κ3) is 4.35. The van der Waals surface area contributed by atoms with Crippen molar-refractivity contribution in [3.63, 3.8) is 0 Å². The highest BCUT2D eigenvalue weighted by atomic mass is 35.5. The van der Waals surface area contributed by atoms with E-state index in [1.165, 1.54) is 6.08 Å². The number of hydrogen-bond donors (Lipinski definition) is 1. The van der Waals surface area contributed by atoms with Crippen LogP contribution >= 0.6 is 11.6 Å². The molecule has 1 fully saturated rings. The topological polar surface area (TPSA) is 59.1 Å². The molecular formula is C14H15ClO4. The quantitative estimate of drug-likeness (QED) is 0.644. The largest absolute Gasteiger partial charge is 0.478 e. The Morgan fingerprint density at radius 1 is 1.68 bits per heavy atom. The van der Waals surface area contributed by atoms with Crippen molar-refractivity contribution in [2.45, 2.75) is 19.1 Å². The lowest BCUT2D eigenvalue weighted by Gasteiger charge is -2.15. The van der Waals surface area contributed by atoms with E-state index in [1.807, 2.05) is 13.0 Å². The van der Waals surface area contributed by atoms with Crippen LogP contribution in [-0.2, 0) is 14.3 Å². The van der Waals surface area contributed by atoms with Gasteiger partial charge in [-0.05, 0) is 36.3 Å². The molecule has 0 radical (unpaired) electrons. The summed E-state index contributed by atoms with van der Waals surface area (Å²) in [5.74, 6) is -0.995. The number of aliphatic carboxylic acids is 1. The summed E-state index contributed by atoms with van der Waals surface area (Å²) in [6.45, 7) is 3.22. The zero-order chi connectivity index (χ0) is 13.8. The summed E-state index contributed by atoms with van der Waals surface area (Å²) in [6.07, 6.45) is 2.67. The van der Waals surface area contributed by atoms with Gasteiger partial charge in [0.05, 0.1) is 19.3 Å². The van der Waals surface area contributed by atoms with Crippen LogP contribution in [-0.4, -0.2) is 30.4 Å². The second kappa shape index (κ2) is 6.19. The predicted octanol–water partition coefficient (Wildman–Crippen LogP) is 2.91. The Balaban J connectivity index is 2.14. The molecule has 5 heteroatoms. The monoisotopic (exact) mass is 282 g/mol. The fraction of sp³-hybridized carbons (Fsp3) is 0.357. The van der Waals surface area contributed by atoms with Crippen molar-refractivity contribution in [2.24, 2.45) is 0 Å². The number of halogens is 1. The second-order valence-corrected chi connectivity index (χ2v) is 4.81. The van der Waals surface area contributed by atoms with Crippen LogP contribution in [0.5, 0.6) is 0 Å². The zero-order valence-electron chi connectivity index (χ0n) is 10.5. The predicted molar refractivity (Wildman–Crippen MR) is 72.2 cm³/mol. The Hall–Kier alpha value is -1.36. The van der Waals surface area contributed by atoms with Crippen molar-refractivity contribution in [3.8, 4) is 0 Å². The molecule has 0 spiro atoms. The molecule has 0 aromatic heterocycles. The summed E-state index contributed by atoms with van der Waals surface area (Å²) < 4.78 is 10.8. The van der Waals surface area contributed by atoms with E-state index in [2.05, 4.69) is 0 Å². The number of rotatable bonds is 6. The maximum Gasteiger partial charge on any atom is 0.328 e. The molecule has 1 unspecified atom stereocenters. The number of benzene rings is 1. The number of ether oxygens (including phenoxy) is 2. The average molecular weight is 283 g/mol. The van der Waals surface area contributed by atoms with E-state index >= 15 is 0 Å². The summed E-state index contributed by atoms with van der Waals surface area (Å²) in [4.78, 5) is 10.6. The van der Waals surface area contributed by atoms with Gasteiger partial charge in [0.1, 0.15) is 6.10 Å². The van der Waals surface area contributed by atoms with Crippen molar-refractivity contribution in [3.05, 3.63) is 40.4 Å². The van der Waals surface area contributed by atoms with Crippen molar-refractivity contribution >= 4 is 23.6 Å². The first kappa shape index (κ1) is 14.1. The minimum Gasteiger partial charge on any atom is -0.478 e. The van der Waals surface area contributed by atoms with Crippen molar-refractivity contribution in [2.75, 3.05) is 13.2 Å². The summed E-state index contributed by atoms with van der Waals surface area (Å²) in [5.41, 5.74) is 1.65. The van der Waals surface area contributed by atoms with Gasteiger partial charge in [-0.3, -0.25) is 0 Å². The molecule has 2 rings (SSSR count). The van der Waals surface area contributed by atoms with Crippen LogP contribution in [0, 0.1) is 0 Å². The summed E-state index contributed by atoms with van der Waals surface area (Å²) in [5, 5.41) is 9.25. The highest BCUT2D eigenvalue weighted by Gasteiger charge is 2.24. The van der Waals surface area contributed by atoms with E-state index in [1.54, 1.807) is 12.1 Å². The summed E-state index contributed by atoms with van der Waals surface area (Å²) in [6, 6.07) is 5.34. The number of carbonyl (C=O) groups is 1. The molecule has 0 aliphatic carbocycles. The first-order valence-corrected chi connectivity index (χ1v) is 6.37. The van der Waals surface area contributed by atoms with Crippen LogP contribution in [0.1, 0.15) is 24.2 Å². The Morgan fingerprint density at radius 3 is 3.05 bits per heavy atom. The van der Waals surface area contributed by atoms with Gasteiger partial charge in [-0.1, -0.05) is 17.7 Å². The standard InChI is InChI=1S/C14H15ClO4/c1-9(18-7-12-8-19-12)13-4-3-11(15)6-10(13)2-5-14(16)17/h2-6,9,12H,7-8H2,1H3,(H,16,17)/t9-,12?/m1/s1. The molecular weight excluding hydrogens is 268 g/mol. The fourth-order valence-electron chi connectivity index (χ4n) is 1.73. The zero-order valence-corrected chi connectivity index (χ0v) is 11.3. The van der Waals surface area contributed by atoms with Gasteiger partial charge in [-0.25, -0.2) is 4.79 Å². The Morgan fingerprint density at radius 2 is 2.42 bits per heavy atom. The summed E-state index contributed by atoms with van der Waals surface area (Å²) in [7, 11) is 0. The number of epoxide rings is 1. The van der Waals surface area contributed by atoms with Crippen LogP contribution in [0.2, 0.25) is 5.02 Å². The highest BCUT2D eigenvalue weighted by molar-refractivity contribution is 6.30. The number of hydrogen-bond acceptors (Lipinski definition) is 3. The molecule has 1 aliphatic heterocycles. The van der Waals surface area contributed by atoms with E-state index in [9.17, 15) is 4.79 Å². The number of carboxylic acid groups (broad SMARTS) is 1. The minimum atomic E-state index is -0.995. The lowest BCUT2D eigenvalue weighted by Crippen LogP contribution is -2.07. The minimum absolute atomic E-state index is 0.144. The maximum absolute atomic E-state index is 10.6. The molecule has 0 amide bonds. The molecule has 2 atom stereocenters. The van der Waals surface area contributed by atoms with E-state index in [0.717, 1.165) is 23.8 Å². The molecule has 19 heavy (non-hydrogen) atoms.